The van der Waals surface area contributed by atoms with Crippen LogP contribution in [0, 0.1) is 5.82 Å². The van der Waals surface area contributed by atoms with Crippen molar-refractivity contribution in [2.75, 3.05) is 44.3 Å². The maximum atomic E-state index is 13.1. The van der Waals surface area contributed by atoms with Gasteiger partial charge in [-0.15, -0.1) is 0 Å². The third-order valence-electron chi connectivity index (χ3n) is 5.14. The Morgan fingerprint density at radius 1 is 1.12 bits per heavy atom. The summed E-state index contributed by atoms with van der Waals surface area (Å²) in [6, 6.07) is 10.4. The predicted molar refractivity (Wildman–Crippen MR) is 96.9 cm³/mol. The maximum Gasteiger partial charge on any atom is 0.254 e. The summed E-state index contributed by atoms with van der Waals surface area (Å²) in [4.78, 5) is 21.2. The number of pyridine rings is 1. The van der Waals surface area contributed by atoms with Crippen molar-refractivity contribution in [1.29, 1.82) is 0 Å². The summed E-state index contributed by atoms with van der Waals surface area (Å²) in [6.07, 6.45) is 2.70. The lowest BCUT2D eigenvalue weighted by Crippen LogP contribution is -2.40. The minimum absolute atomic E-state index is 0.0335. The number of rotatable bonds is 3. The molecule has 3 heterocycles. The van der Waals surface area contributed by atoms with Crippen LogP contribution < -0.4 is 4.90 Å². The summed E-state index contributed by atoms with van der Waals surface area (Å²) >= 11 is 0. The fourth-order valence-corrected chi connectivity index (χ4v) is 3.65. The van der Waals surface area contributed by atoms with Gasteiger partial charge >= 0.3 is 0 Å². The van der Waals surface area contributed by atoms with E-state index in [4.69, 9.17) is 4.74 Å². The molecule has 0 spiro atoms. The number of ether oxygens (including phenoxy) is 1. The van der Waals surface area contributed by atoms with Crippen LogP contribution in [0.4, 0.5) is 10.2 Å². The number of carbonyl (C=O) groups excluding carboxylic acids is 1. The first-order chi connectivity index (χ1) is 12.7. The average molecular weight is 355 g/mol. The van der Waals surface area contributed by atoms with Crippen molar-refractivity contribution in [2.45, 2.75) is 12.3 Å². The molecule has 2 aromatic rings. The molecule has 2 saturated heterocycles. The van der Waals surface area contributed by atoms with Crippen LogP contribution in [0.5, 0.6) is 0 Å². The number of amides is 1. The van der Waals surface area contributed by atoms with Gasteiger partial charge in [0.05, 0.1) is 13.2 Å². The zero-order valence-electron chi connectivity index (χ0n) is 14.6. The molecule has 5 nitrogen and oxygen atoms in total. The lowest BCUT2D eigenvalue weighted by atomic mass is 9.99. The van der Waals surface area contributed by atoms with Gasteiger partial charge in [-0.1, -0.05) is 12.1 Å². The zero-order chi connectivity index (χ0) is 17.9. The van der Waals surface area contributed by atoms with Crippen LogP contribution in [0.1, 0.15) is 28.3 Å². The molecule has 4 rings (SSSR count). The number of anilines is 1. The molecule has 1 aromatic heterocycles. The topological polar surface area (TPSA) is 45.7 Å². The van der Waals surface area contributed by atoms with Crippen molar-refractivity contribution < 1.29 is 13.9 Å². The summed E-state index contributed by atoms with van der Waals surface area (Å²) in [6.45, 7) is 4.15. The molecular formula is C20H22FN3O2. The van der Waals surface area contributed by atoms with E-state index in [0.717, 1.165) is 30.9 Å². The zero-order valence-corrected chi connectivity index (χ0v) is 14.6. The second-order valence-electron chi connectivity index (χ2n) is 6.79. The highest BCUT2D eigenvalue weighted by Crippen LogP contribution is 2.30. The quantitative estimate of drug-likeness (QED) is 0.849. The van der Waals surface area contributed by atoms with Crippen LogP contribution in [0.3, 0.4) is 0 Å². The number of hydrogen-bond acceptors (Lipinski definition) is 4. The maximum absolute atomic E-state index is 13.1. The van der Waals surface area contributed by atoms with E-state index in [9.17, 15) is 9.18 Å². The van der Waals surface area contributed by atoms with E-state index < -0.39 is 0 Å². The Morgan fingerprint density at radius 2 is 1.88 bits per heavy atom. The van der Waals surface area contributed by atoms with Crippen molar-refractivity contribution in [3.8, 4) is 0 Å². The van der Waals surface area contributed by atoms with Crippen LogP contribution >= 0.6 is 0 Å². The van der Waals surface area contributed by atoms with Crippen molar-refractivity contribution in [3.05, 3.63) is 59.5 Å². The molecule has 26 heavy (non-hydrogen) atoms. The first kappa shape index (κ1) is 17.0. The largest absolute Gasteiger partial charge is 0.378 e. The molecule has 0 aliphatic carbocycles. The average Bonchev–Trinajstić information content (AvgIpc) is 3.19. The number of aromatic nitrogens is 1. The lowest BCUT2D eigenvalue weighted by molar-refractivity contribution is 0.0303. The fraction of sp³-hybridized carbons (Fsp3) is 0.400. The number of hydrogen-bond donors (Lipinski definition) is 0. The summed E-state index contributed by atoms with van der Waals surface area (Å²) in [5.41, 5.74) is 1.82. The third-order valence-corrected chi connectivity index (χ3v) is 5.14. The van der Waals surface area contributed by atoms with Gasteiger partial charge in [0.15, 0.2) is 0 Å². The van der Waals surface area contributed by atoms with Gasteiger partial charge in [-0.3, -0.25) is 4.79 Å². The van der Waals surface area contributed by atoms with E-state index in [0.29, 0.717) is 37.8 Å². The van der Waals surface area contributed by atoms with Gasteiger partial charge in [0.1, 0.15) is 11.6 Å². The van der Waals surface area contributed by atoms with E-state index in [1.807, 2.05) is 23.1 Å². The van der Waals surface area contributed by atoms with Crippen LogP contribution in [0.25, 0.3) is 0 Å². The monoisotopic (exact) mass is 355 g/mol. The Labute approximate surface area is 152 Å². The molecule has 1 aromatic carbocycles. The first-order valence-electron chi connectivity index (χ1n) is 9.04. The van der Waals surface area contributed by atoms with Crippen LogP contribution in [-0.2, 0) is 4.74 Å². The highest BCUT2D eigenvalue weighted by Gasteiger charge is 2.26. The molecule has 0 N–H and O–H groups in total. The van der Waals surface area contributed by atoms with Gasteiger partial charge in [-0.05, 0) is 36.2 Å². The van der Waals surface area contributed by atoms with E-state index in [1.54, 1.807) is 12.3 Å². The third kappa shape index (κ3) is 3.55. The summed E-state index contributed by atoms with van der Waals surface area (Å²) in [7, 11) is 0. The van der Waals surface area contributed by atoms with Crippen molar-refractivity contribution in [3.63, 3.8) is 0 Å². The van der Waals surface area contributed by atoms with Crippen LogP contribution in [-0.4, -0.2) is 55.2 Å². The molecule has 0 bridgehead atoms. The highest BCUT2D eigenvalue weighted by molar-refractivity contribution is 5.95. The number of benzene rings is 1. The highest BCUT2D eigenvalue weighted by atomic mass is 19.1. The Hall–Kier alpha value is -2.47. The molecule has 1 amide bonds. The molecule has 2 aliphatic rings. The standard InChI is InChI=1S/C20H22FN3O2/c21-18-3-1-15(2-4-18)17-6-8-24(14-17)19-13-16(5-7-22-19)20(25)23-9-11-26-12-10-23/h1-5,7,13,17H,6,8-12,14H2. The molecule has 6 heteroatoms. The molecule has 2 fully saturated rings. The van der Waals surface area contributed by atoms with E-state index >= 15 is 0 Å². The van der Waals surface area contributed by atoms with Crippen molar-refractivity contribution in [1.82, 2.24) is 9.88 Å². The Kier molecular flexibility index (Phi) is 4.84. The number of carbonyl (C=O) groups is 1. The smallest absolute Gasteiger partial charge is 0.254 e. The van der Waals surface area contributed by atoms with E-state index in [1.165, 1.54) is 12.1 Å². The van der Waals surface area contributed by atoms with Gasteiger partial charge in [0.2, 0.25) is 0 Å². The van der Waals surface area contributed by atoms with Crippen molar-refractivity contribution in [2.24, 2.45) is 0 Å². The molecular weight excluding hydrogens is 333 g/mol. The molecule has 1 atom stereocenters. The van der Waals surface area contributed by atoms with Gasteiger partial charge in [-0.2, -0.15) is 0 Å². The summed E-state index contributed by atoms with van der Waals surface area (Å²) in [5.74, 6) is 1.01. The summed E-state index contributed by atoms with van der Waals surface area (Å²) < 4.78 is 18.4. The molecule has 0 radical (unpaired) electrons. The van der Waals surface area contributed by atoms with E-state index in [-0.39, 0.29) is 11.7 Å². The molecule has 1 unspecified atom stereocenters. The predicted octanol–water partition coefficient (Wildman–Crippen LogP) is 2.69. The number of halogens is 1. The van der Waals surface area contributed by atoms with Gasteiger partial charge in [0.25, 0.3) is 5.91 Å². The minimum atomic E-state index is -0.209. The van der Waals surface area contributed by atoms with Gasteiger partial charge in [0, 0.05) is 43.9 Å². The Bertz CT molecular complexity index is 775. The van der Waals surface area contributed by atoms with Crippen LogP contribution in [0.15, 0.2) is 42.6 Å². The SMILES string of the molecule is O=C(c1ccnc(N2CCC(c3ccc(F)cc3)C2)c1)N1CCOCC1. The number of nitrogens with zero attached hydrogens (tertiary/aromatic N) is 3. The van der Waals surface area contributed by atoms with E-state index in [2.05, 4.69) is 9.88 Å². The van der Waals surface area contributed by atoms with Gasteiger partial charge < -0.3 is 14.5 Å². The fourth-order valence-electron chi connectivity index (χ4n) is 3.65. The minimum Gasteiger partial charge on any atom is -0.378 e. The Morgan fingerprint density at radius 3 is 2.65 bits per heavy atom. The summed E-state index contributed by atoms with van der Waals surface area (Å²) in [5, 5.41) is 0. The normalized spacial score (nSPS) is 20.4. The molecule has 0 saturated carbocycles. The molecule has 2 aliphatic heterocycles. The van der Waals surface area contributed by atoms with Crippen molar-refractivity contribution >= 4 is 11.7 Å². The Balaban J connectivity index is 1.46. The number of morpholine rings is 1. The second kappa shape index (κ2) is 7.41. The molecule has 136 valence electrons. The lowest BCUT2D eigenvalue weighted by Gasteiger charge is -2.27. The van der Waals surface area contributed by atoms with Gasteiger partial charge in [-0.25, -0.2) is 9.37 Å². The first-order valence-corrected chi connectivity index (χ1v) is 9.04. The van der Waals surface area contributed by atoms with Crippen LogP contribution in [0.2, 0.25) is 0 Å². The second-order valence-corrected chi connectivity index (χ2v) is 6.79.